The summed E-state index contributed by atoms with van der Waals surface area (Å²) in [6.45, 7) is 1.93. The number of rotatable bonds is 19. The van der Waals surface area contributed by atoms with Crippen LogP contribution >= 0.6 is 58.0 Å². The molecule has 24 nitrogen and oxygen atoms in total. The number of sulfone groups is 1. The van der Waals surface area contributed by atoms with Gasteiger partial charge in [-0.2, -0.15) is 13.2 Å². The van der Waals surface area contributed by atoms with Crippen LogP contribution < -0.4 is 31.3 Å². The number of benzene rings is 6. The van der Waals surface area contributed by atoms with Crippen LogP contribution in [0.15, 0.2) is 250 Å². The summed E-state index contributed by atoms with van der Waals surface area (Å²) in [6.07, 6.45) is 8.71. The first-order valence-electron chi connectivity index (χ1n) is 33.6. The Labute approximate surface area is 676 Å². The van der Waals surface area contributed by atoms with E-state index in [4.69, 9.17) is 58.0 Å². The van der Waals surface area contributed by atoms with Crippen LogP contribution in [-0.4, -0.2) is 111 Å². The van der Waals surface area contributed by atoms with Gasteiger partial charge in [0.05, 0.1) is 101 Å². The van der Waals surface area contributed by atoms with Gasteiger partial charge in [0, 0.05) is 101 Å². The van der Waals surface area contributed by atoms with Gasteiger partial charge in [0.1, 0.15) is 11.5 Å². The van der Waals surface area contributed by atoms with E-state index in [1.165, 1.54) is 50.6 Å². The number of pyridine rings is 6. The molecule has 0 aliphatic rings. The Morgan fingerprint density at radius 3 is 1.26 bits per heavy atom. The topological polar surface area (TPSA) is 334 Å². The zero-order valence-electron chi connectivity index (χ0n) is 60.1. The molecule has 0 bridgehead atoms. The standard InChI is InChI=1S/C21H16ClF3N4O2.C21H16ClN5O.C20H16Cl2N2O3S.C18H15ClN4O3S/c1-11-14(5-8-18(28-11)21(23,24)25)20(31)29-13-4-6-16(22)15(9-13)17-7-3-12(10-27-17)19(30)26-2;22-19-9-8-17(13-18(19)20-3-1-2-10-23-20)25-21(28)16-6-4-15(5-7-16)14-27-12-11-24-26-27;1-28(26,27)12-13-5-7-15(18(22)10-13)20(25)24-14-6-8-17(21)16(11-14)19-4-2-3-9-23-19;1-27(25,26)23-17-8-5-12(11-21-17)18(24)22-13-6-7-15(19)14(10-13)16-4-2-3-9-20-16/h3-10H,1-2H3,(H,26,30)(H,29,31);1-13H,14H2,(H,25,28);2-11H,12H2,1H3,(H,24,25);2-11H,1H3,(H,21,23)(H,22,24). The largest absolute Gasteiger partial charge is 0.433 e. The Morgan fingerprint density at radius 2 is 0.868 bits per heavy atom. The van der Waals surface area contributed by atoms with Crippen molar-refractivity contribution < 1.29 is 54.0 Å². The second-order valence-corrected chi connectivity index (χ2v) is 30.5. The molecule has 7 aromatic heterocycles. The van der Waals surface area contributed by atoms with E-state index in [-0.39, 0.29) is 56.7 Å². The summed E-state index contributed by atoms with van der Waals surface area (Å²) in [6, 6.07) is 56.6. The number of carbonyl (C=O) groups excluding carboxylic acids is 5. The Morgan fingerprint density at radius 1 is 0.439 bits per heavy atom. The molecule has 0 fully saturated rings. The molecule has 0 radical (unpaired) electrons. The zero-order chi connectivity index (χ0) is 81.9. The number of hydrogen-bond acceptors (Lipinski definition) is 17. The van der Waals surface area contributed by atoms with Crippen molar-refractivity contribution in [3.8, 4) is 45.0 Å². The van der Waals surface area contributed by atoms with Crippen LogP contribution in [0.2, 0.25) is 25.1 Å². The molecule has 34 heteroatoms. The average molecular weight is 1680 g/mol. The number of amides is 5. The second-order valence-electron chi connectivity index (χ2n) is 24.6. The van der Waals surface area contributed by atoms with Crippen molar-refractivity contribution in [3.63, 3.8) is 0 Å². The fourth-order valence-electron chi connectivity index (χ4n) is 10.5. The van der Waals surface area contributed by atoms with Crippen LogP contribution in [0.1, 0.15) is 74.3 Å². The molecule has 0 saturated heterocycles. The molecule has 6 aromatic carbocycles. The number of hydrogen-bond donors (Lipinski definition) is 6. The van der Waals surface area contributed by atoms with Crippen molar-refractivity contribution in [2.24, 2.45) is 0 Å². The zero-order valence-corrected chi connectivity index (χ0v) is 65.5. The summed E-state index contributed by atoms with van der Waals surface area (Å²) in [4.78, 5) is 86.3. The first-order valence-corrected chi connectivity index (χ1v) is 39.4. The molecule has 0 unspecified atom stereocenters. The average Bonchev–Trinajstić information content (AvgIpc) is 1.13. The number of aromatic nitrogens is 9. The highest BCUT2D eigenvalue weighted by molar-refractivity contribution is 7.92. The second kappa shape index (κ2) is 38.2. The van der Waals surface area contributed by atoms with Crippen molar-refractivity contribution in [2.75, 3.05) is 45.5 Å². The van der Waals surface area contributed by atoms with Gasteiger partial charge >= 0.3 is 6.18 Å². The predicted molar refractivity (Wildman–Crippen MR) is 436 cm³/mol. The van der Waals surface area contributed by atoms with Crippen molar-refractivity contribution in [1.82, 2.24) is 50.2 Å². The summed E-state index contributed by atoms with van der Waals surface area (Å²) < 4.78 is 87.5. The van der Waals surface area contributed by atoms with E-state index < -0.39 is 43.5 Å². The Hall–Kier alpha value is -12.4. The Bertz CT molecular complexity index is 5880. The lowest BCUT2D eigenvalue weighted by molar-refractivity contribution is -0.141. The third-order valence-electron chi connectivity index (χ3n) is 15.9. The van der Waals surface area contributed by atoms with Crippen LogP contribution in [0.3, 0.4) is 0 Å². The number of aryl methyl sites for hydroxylation is 1. The first kappa shape index (κ1) is 84.1. The van der Waals surface area contributed by atoms with Gasteiger partial charge in [-0.15, -0.1) is 5.10 Å². The molecular formula is C80H63Cl5F3N15O9S2. The first-order chi connectivity index (χ1) is 54.3. The molecule has 0 saturated carbocycles. The summed E-state index contributed by atoms with van der Waals surface area (Å²) >= 11 is 31.2. The predicted octanol–water partition coefficient (Wildman–Crippen LogP) is 17.3. The Kier molecular flexibility index (Phi) is 28.2. The quantitative estimate of drug-likeness (QED) is 0.0438. The molecular weight excluding hydrogens is 1610 g/mol. The van der Waals surface area contributed by atoms with E-state index in [1.54, 1.807) is 145 Å². The third-order valence-corrected chi connectivity index (χ3v) is 19.0. The highest BCUT2D eigenvalue weighted by atomic mass is 35.5. The SMILES string of the molecule is CNC(=O)c1ccc(-c2cc(NC(=O)c3ccc(C(F)(F)F)nc3C)ccc2Cl)nc1.CS(=O)(=O)Cc1ccc(C(=O)Nc2ccc(Cl)c(-c3ccccn3)c2)c(Cl)c1.CS(=O)(=O)Nc1ccc(C(=O)Nc2ccc(Cl)c(-c3ccccn3)c2)cn1.O=C(Nc1ccc(Cl)c(-c2ccccn2)c1)c1ccc(Cn2ccnn2)cc1. The number of nitrogens with one attached hydrogen (secondary N) is 6. The fourth-order valence-corrected chi connectivity index (χ4v) is 13.0. The summed E-state index contributed by atoms with van der Waals surface area (Å²) in [5.41, 5.74) is 9.27. The maximum Gasteiger partial charge on any atom is 0.433 e. The minimum Gasteiger partial charge on any atom is -0.355 e. The van der Waals surface area contributed by atoms with E-state index in [1.807, 2.05) is 60.7 Å². The van der Waals surface area contributed by atoms with E-state index in [9.17, 15) is 54.0 Å². The molecule has 580 valence electrons. The maximum atomic E-state index is 12.8. The number of sulfonamides is 1. The van der Waals surface area contributed by atoms with Crippen LogP contribution in [0.5, 0.6) is 0 Å². The van der Waals surface area contributed by atoms with Crippen molar-refractivity contribution in [3.05, 3.63) is 325 Å². The van der Waals surface area contributed by atoms with E-state index in [2.05, 4.69) is 71.5 Å². The van der Waals surface area contributed by atoms with Gasteiger partial charge in [0.15, 0.2) is 9.84 Å². The molecule has 5 amide bonds. The lowest BCUT2D eigenvalue weighted by atomic mass is 10.1. The van der Waals surface area contributed by atoms with Crippen molar-refractivity contribution in [1.29, 1.82) is 0 Å². The van der Waals surface area contributed by atoms with Crippen LogP contribution in [0.25, 0.3) is 45.0 Å². The van der Waals surface area contributed by atoms with E-state index in [0.717, 1.165) is 41.5 Å². The number of anilines is 5. The van der Waals surface area contributed by atoms with Gasteiger partial charge in [-0.3, -0.25) is 48.6 Å². The van der Waals surface area contributed by atoms with Crippen LogP contribution in [-0.2, 0) is 38.3 Å². The van der Waals surface area contributed by atoms with Gasteiger partial charge in [-0.25, -0.2) is 31.5 Å². The molecule has 0 atom stereocenters. The number of alkyl halides is 3. The summed E-state index contributed by atoms with van der Waals surface area (Å²) in [5.74, 6) is -1.90. The molecule has 0 spiro atoms. The lowest BCUT2D eigenvalue weighted by Gasteiger charge is -2.12. The molecule has 114 heavy (non-hydrogen) atoms. The normalized spacial score (nSPS) is 11.0. The smallest absolute Gasteiger partial charge is 0.355 e. The van der Waals surface area contributed by atoms with Crippen molar-refractivity contribution in [2.45, 2.75) is 25.4 Å². The highest BCUT2D eigenvalue weighted by Crippen LogP contribution is 2.35. The van der Waals surface area contributed by atoms with Gasteiger partial charge in [-0.05, 0) is 188 Å². The van der Waals surface area contributed by atoms with Crippen molar-refractivity contribution >= 4 is 136 Å². The number of carbonyl (C=O) groups is 5. The molecule has 13 rings (SSSR count). The molecule has 0 aliphatic heterocycles. The van der Waals surface area contributed by atoms with Crippen LogP contribution in [0, 0.1) is 6.92 Å². The monoisotopic (exact) mass is 1670 g/mol. The molecule has 7 heterocycles. The molecule has 13 aromatic rings. The van der Waals surface area contributed by atoms with Gasteiger partial charge in [0.2, 0.25) is 10.0 Å². The minimum atomic E-state index is -4.59. The number of nitrogens with zero attached hydrogens (tertiary/aromatic N) is 9. The summed E-state index contributed by atoms with van der Waals surface area (Å²) in [7, 11) is -5.11. The van der Waals surface area contributed by atoms with Gasteiger partial charge < -0.3 is 26.6 Å². The van der Waals surface area contributed by atoms with E-state index in [0.29, 0.717) is 99.8 Å². The lowest BCUT2D eigenvalue weighted by Crippen LogP contribution is -2.17. The van der Waals surface area contributed by atoms with Gasteiger partial charge in [-0.1, -0.05) is 99.6 Å². The minimum absolute atomic E-state index is 0.0116. The van der Waals surface area contributed by atoms with E-state index >= 15 is 0 Å². The third kappa shape index (κ3) is 24.1. The van der Waals surface area contributed by atoms with Gasteiger partial charge in [0.25, 0.3) is 29.5 Å². The maximum absolute atomic E-state index is 12.8. The summed E-state index contributed by atoms with van der Waals surface area (Å²) in [5, 5.41) is 23.4. The molecule has 0 aliphatic carbocycles. The number of halogens is 8. The Balaban J connectivity index is 0.000000161. The fraction of sp³-hybridized carbons (Fsp3) is 0.0875. The molecule has 6 N–H and O–H groups in total. The highest BCUT2D eigenvalue weighted by Gasteiger charge is 2.33. The van der Waals surface area contributed by atoms with Crippen LogP contribution in [0.4, 0.5) is 41.7 Å².